The van der Waals surface area contributed by atoms with E-state index in [1.807, 2.05) is 72.3 Å². The van der Waals surface area contributed by atoms with Crippen molar-refractivity contribution in [2.24, 2.45) is 0 Å². The number of hydrogen-bond acceptors (Lipinski definition) is 8. The number of thiazole rings is 1. The second-order valence-electron chi connectivity index (χ2n) is 8.19. The molecule has 9 nitrogen and oxygen atoms in total. The van der Waals surface area contributed by atoms with Gasteiger partial charge in [-0.05, 0) is 31.5 Å². The van der Waals surface area contributed by atoms with Gasteiger partial charge in [-0.1, -0.05) is 53.7 Å². The number of anilines is 1. The number of methoxy groups -OCH3 is 1. The van der Waals surface area contributed by atoms with E-state index in [0.717, 1.165) is 22.6 Å². The molecule has 0 radical (unpaired) electrons. The summed E-state index contributed by atoms with van der Waals surface area (Å²) in [4.78, 5) is 29.4. The van der Waals surface area contributed by atoms with Gasteiger partial charge in [-0.25, -0.2) is 4.98 Å². The molecule has 2 aromatic carbocycles. The second-order valence-corrected chi connectivity index (χ2v) is 9.99. The Morgan fingerprint density at radius 1 is 1.05 bits per heavy atom. The van der Waals surface area contributed by atoms with Crippen LogP contribution in [0.15, 0.2) is 59.1 Å². The van der Waals surface area contributed by atoms with Crippen LogP contribution in [0, 0.1) is 6.92 Å². The molecule has 37 heavy (non-hydrogen) atoms. The Balaban J connectivity index is 1.27. The standard InChI is InChI=1S/C26H28N6O3S2/c1-4-32-22(14-27-23(33)13-18-7-11-20(35-3)12-8-18)30-31-26(32)37-16-24(34)29-25-28-21(15-36-25)19-9-5-17(2)6-10-19/h5-12,15H,4,13-14,16H2,1-3H3,(H,27,33)(H,28,29,34). The first-order chi connectivity index (χ1) is 17.9. The molecule has 0 saturated carbocycles. The van der Waals surface area contributed by atoms with E-state index in [4.69, 9.17) is 4.74 Å². The van der Waals surface area contributed by atoms with Gasteiger partial charge in [0.25, 0.3) is 0 Å². The minimum absolute atomic E-state index is 0.113. The summed E-state index contributed by atoms with van der Waals surface area (Å²) < 4.78 is 7.04. The van der Waals surface area contributed by atoms with Crippen molar-refractivity contribution in [3.8, 4) is 17.0 Å². The van der Waals surface area contributed by atoms with Gasteiger partial charge in [0.05, 0.1) is 31.5 Å². The molecule has 2 heterocycles. The molecule has 0 atom stereocenters. The molecule has 11 heteroatoms. The highest BCUT2D eigenvalue weighted by atomic mass is 32.2. The molecule has 0 aliphatic carbocycles. The molecule has 4 aromatic rings. The van der Waals surface area contributed by atoms with Crippen molar-refractivity contribution in [3.63, 3.8) is 0 Å². The van der Waals surface area contributed by atoms with Gasteiger partial charge in [0, 0.05) is 17.5 Å². The minimum Gasteiger partial charge on any atom is -0.497 e. The Labute approximate surface area is 223 Å². The number of aromatic nitrogens is 4. The number of amides is 2. The Morgan fingerprint density at radius 3 is 2.51 bits per heavy atom. The number of nitrogens with one attached hydrogen (secondary N) is 2. The molecule has 0 bridgehead atoms. The molecule has 0 fully saturated rings. The van der Waals surface area contributed by atoms with E-state index in [1.54, 1.807) is 7.11 Å². The summed E-state index contributed by atoms with van der Waals surface area (Å²) in [6.07, 6.45) is 0.258. The summed E-state index contributed by atoms with van der Waals surface area (Å²) in [6.45, 7) is 4.88. The molecule has 192 valence electrons. The lowest BCUT2D eigenvalue weighted by atomic mass is 10.1. The maximum atomic E-state index is 12.5. The SMILES string of the molecule is CCn1c(CNC(=O)Cc2ccc(OC)cc2)nnc1SCC(=O)Nc1nc(-c2ccc(C)cc2)cs1. The van der Waals surface area contributed by atoms with E-state index in [9.17, 15) is 9.59 Å². The number of rotatable bonds is 11. The van der Waals surface area contributed by atoms with E-state index >= 15 is 0 Å². The fourth-order valence-electron chi connectivity index (χ4n) is 3.52. The molecule has 2 N–H and O–H groups in total. The van der Waals surface area contributed by atoms with Gasteiger partial charge in [0.2, 0.25) is 11.8 Å². The second kappa shape index (κ2) is 12.5. The Kier molecular flexibility index (Phi) is 8.91. The van der Waals surface area contributed by atoms with Crippen molar-refractivity contribution in [1.82, 2.24) is 25.1 Å². The van der Waals surface area contributed by atoms with Crippen LogP contribution < -0.4 is 15.4 Å². The first-order valence-corrected chi connectivity index (χ1v) is 13.6. The summed E-state index contributed by atoms with van der Waals surface area (Å²) >= 11 is 2.68. The summed E-state index contributed by atoms with van der Waals surface area (Å²) in [5, 5.41) is 17.3. The molecule has 0 aliphatic rings. The largest absolute Gasteiger partial charge is 0.497 e. The molecular weight excluding hydrogens is 508 g/mol. The highest BCUT2D eigenvalue weighted by Gasteiger charge is 2.15. The van der Waals surface area contributed by atoms with Crippen LogP contribution in [-0.2, 0) is 29.1 Å². The van der Waals surface area contributed by atoms with Crippen LogP contribution in [0.1, 0.15) is 23.9 Å². The molecule has 2 amide bonds. The van der Waals surface area contributed by atoms with Crippen LogP contribution in [-0.4, -0.2) is 44.4 Å². The zero-order valence-electron chi connectivity index (χ0n) is 20.9. The fourth-order valence-corrected chi connectivity index (χ4v) is 5.07. The van der Waals surface area contributed by atoms with Crippen molar-refractivity contribution in [2.45, 2.75) is 38.5 Å². The predicted molar refractivity (Wildman–Crippen MR) is 146 cm³/mol. The molecule has 0 spiro atoms. The smallest absolute Gasteiger partial charge is 0.236 e. The van der Waals surface area contributed by atoms with Crippen LogP contribution in [0.3, 0.4) is 0 Å². The highest BCUT2D eigenvalue weighted by Crippen LogP contribution is 2.25. The van der Waals surface area contributed by atoms with Gasteiger partial charge in [-0.15, -0.1) is 21.5 Å². The third-order valence-electron chi connectivity index (χ3n) is 5.51. The molecule has 0 aliphatic heterocycles. The van der Waals surface area contributed by atoms with Crippen molar-refractivity contribution in [2.75, 3.05) is 18.2 Å². The lowest BCUT2D eigenvalue weighted by Crippen LogP contribution is -2.26. The number of ether oxygens (including phenoxy) is 1. The monoisotopic (exact) mass is 536 g/mol. The van der Waals surface area contributed by atoms with Crippen molar-refractivity contribution in [3.05, 3.63) is 70.9 Å². The summed E-state index contributed by atoms with van der Waals surface area (Å²) in [7, 11) is 1.60. The normalized spacial score (nSPS) is 10.8. The zero-order valence-corrected chi connectivity index (χ0v) is 22.5. The summed E-state index contributed by atoms with van der Waals surface area (Å²) in [6, 6.07) is 15.5. The van der Waals surface area contributed by atoms with Gasteiger partial charge in [0.15, 0.2) is 16.1 Å². The lowest BCUT2D eigenvalue weighted by molar-refractivity contribution is -0.120. The topological polar surface area (TPSA) is 111 Å². The molecule has 0 unspecified atom stereocenters. The van der Waals surface area contributed by atoms with Crippen molar-refractivity contribution in [1.29, 1.82) is 0 Å². The van der Waals surface area contributed by atoms with E-state index in [2.05, 4.69) is 25.8 Å². The maximum absolute atomic E-state index is 12.5. The predicted octanol–water partition coefficient (Wildman–Crippen LogP) is 4.33. The Morgan fingerprint density at radius 2 is 1.81 bits per heavy atom. The average Bonchev–Trinajstić information content (AvgIpc) is 3.53. The first-order valence-electron chi connectivity index (χ1n) is 11.7. The molecule has 0 saturated heterocycles. The van der Waals surface area contributed by atoms with E-state index in [0.29, 0.717) is 22.7 Å². The van der Waals surface area contributed by atoms with Crippen LogP contribution in [0.2, 0.25) is 0 Å². The Hall–Kier alpha value is -3.70. The number of carbonyl (C=O) groups is 2. The van der Waals surface area contributed by atoms with Crippen molar-refractivity contribution < 1.29 is 14.3 Å². The lowest BCUT2D eigenvalue weighted by Gasteiger charge is -2.09. The third-order valence-corrected chi connectivity index (χ3v) is 7.23. The third kappa shape index (κ3) is 7.17. The van der Waals surface area contributed by atoms with Crippen LogP contribution in [0.25, 0.3) is 11.3 Å². The number of benzene rings is 2. The van der Waals surface area contributed by atoms with Gasteiger partial charge in [0.1, 0.15) is 5.75 Å². The van der Waals surface area contributed by atoms with Crippen LogP contribution in [0.5, 0.6) is 5.75 Å². The number of thioether (sulfide) groups is 1. The summed E-state index contributed by atoms with van der Waals surface area (Å²) in [5.74, 6) is 1.27. The number of nitrogens with zero attached hydrogens (tertiary/aromatic N) is 4. The summed E-state index contributed by atoms with van der Waals surface area (Å²) in [5.41, 5.74) is 3.92. The maximum Gasteiger partial charge on any atom is 0.236 e. The van der Waals surface area contributed by atoms with Gasteiger partial charge in [-0.2, -0.15) is 0 Å². The van der Waals surface area contributed by atoms with Gasteiger partial charge in [-0.3, -0.25) is 9.59 Å². The van der Waals surface area contributed by atoms with Crippen LogP contribution >= 0.6 is 23.1 Å². The zero-order chi connectivity index (χ0) is 26.2. The number of carbonyl (C=O) groups excluding carboxylic acids is 2. The molecular formula is C26H28N6O3S2. The highest BCUT2D eigenvalue weighted by molar-refractivity contribution is 7.99. The van der Waals surface area contributed by atoms with E-state index < -0.39 is 0 Å². The van der Waals surface area contributed by atoms with E-state index in [-0.39, 0.29) is 30.5 Å². The molecule has 4 rings (SSSR count). The minimum atomic E-state index is -0.171. The number of aryl methyl sites for hydroxylation is 1. The number of hydrogen-bond donors (Lipinski definition) is 2. The van der Waals surface area contributed by atoms with Crippen LogP contribution in [0.4, 0.5) is 5.13 Å². The van der Waals surface area contributed by atoms with Gasteiger partial charge < -0.3 is 19.9 Å². The quantitative estimate of drug-likeness (QED) is 0.275. The molecule has 2 aromatic heterocycles. The average molecular weight is 537 g/mol. The first kappa shape index (κ1) is 26.4. The van der Waals surface area contributed by atoms with Crippen molar-refractivity contribution >= 4 is 40.0 Å². The van der Waals surface area contributed by atoms with Gasteiger partial charge >= 0.3 is 0 Å². The fraction of sp³-hybridized carbons (Fsp3) is 0.269. The Bertz CT molecular complexity index is 1350. The van der Waals surface area contributed by atoms with E-state index in [1.165, 1.54) is 28.7 Å².